The van der Waals surface area contributed by atoms with Crippen molar-refractivity contribution in [2.45, 2.75) is 31.2 Å². The van der Waals surface area contributed by atoms with E-state index in [1.54, 1.807) is 0 Å². The molecule has 10 heavy (non-hydrogen) atoms. The van der Waals surface area contributed by atoms with Crippen molar-refractivity contribution in [1.29, 1.82) is 0 Å². The zero-order valence-corrected chi connectivity index (χ0v) is 6.45. The van der Waals surface area contributed by atoms with Crippen molar-refractivity contribution in [3.8, 4) is 0 Å². The standard InChI is InChI=1S/C8H16N2/c1-2-5-10-8(3-1)4-6-9-7-8/h9-10H,1-7H2/t8-/m0/s1. The summed E-state index contributed by atoms with van der Waals surface area (Å²) in [5.41, 5.74) is 0.512. The lowest BCUT2D eigenvalue weighted by molar-refractivity contribution is 0.277. The lowest BCUT2D eigenvalue weighted by atomic mass is 9.88. The van der Waals surface area contributed by atoms with Crippen LogP contribution in [-0.2, 0) is 0 Å². The van der Waals surface area contributed by atoms with Gasteiger partial charge < -0.3 is 10.6 Å². The topological polar surface area (TPSA) is 24.1 Å². The highest BCUT2D eigenvalue weighted by atomic mass is 15.1. The van der Waals surface area contributed by atoms with Gasteiger partial charge in [-0.1, -0.05) is 6.42 Å². The minimum atomic E-state index is 0.512. The van der Waals surface area contributed by atoms with Crippen molar-refractivity contribution >= 4 is 0 Å². The van der Waals surface area contributed by atoms with Crippen molar-refractivity contribution in [2.24, 2.45) is 0 Å². The molecule has 1 spiro atoms. The average Bonchev–Trinajstić information content (AvgIpc) is 2.39. The Hall–Kier alpha value is -0.0800. The largest absolute Gasteiger partial charge is 0.315 e. The van der Waals surface area contributed by atoms with Gasteiger partial charge in [-0.3, -0.25) is 0 Å². The quantitative estimate of drug-likeness (QED) is 0.512. The number of piperidine rings is 1. The molecule has 2 aliphatic heterocycles. The van der Waals surface area contributed by atoms with Gasteiger partial charge in [-0.25, -0.2) is 0 Å². The molecule has 0 aromatic heterocycles. The molecule has 58 valence electrons. The lowest BCUT2D eigenvalue weighted by Gasteiger charge is -2.33. The minimum absolute atomic E-state index is 0.512. The fraction of sp³-hybridized carbons (Fsp3) is 1.00. The molecule has 2 aliphatic rings. The molecule has 0 saturated carbocycles. The smallest absolute Gasteiger partial charge is 0.0318 e. The molecule has 2 rings (SSSR count). The number of hydrogen-bond donors (Lipinski definition) is 2. The first-order valence-corrected chi connectivity index (χ1v) is 4.37. The van der Waals surface area contributed by atoms with Crippen LogP contribution in [0, 0.1) is 0 Å². The Labute approximate surface area is 62.4 Å². The van der Waals surface area contributed by atoms with E-state index in [0.717, 1.165) is 0 Å². The van der Waals surface area contributed by atoms with Crippen LogP contribution in [0.3, 0.4) is 0 Å². The van der Waals surface area contributed by atoms with Crippen molar-refractivity contribution in [3.63, 3.8) is 0 Å². The molecule has 2 saturated heterocycles. The summed E-state index contributed by atoms with van der Waals surface area (Å²) in [5.74, 6) is 0. The molecule has 0 bridgehead atoms. The van der Waals surface area contributed by atoms with E-state index >= 15 is 0 Å². The predicted octanol–water partition coefficient (Wildman–Crippen LogP) is 0.492. The van der Waals surface area contributed by atoms with E-state index in [9.17, 15) is 0 Å². The Morgan fingerprint density at radius 1 is 1.00 bits per heavy atom. The Morgan fingerprint density at radius 3 is 2.60 bits per heavy atom. The summed E-state index contributed by atoms with van der Waals surface area (Å²) in [6.45, 7) is 3.65. The summed E-state index contributed by atoms with van der Waals surface area (Å²) in [6.07, 6.45) is 5.53. The fourth-order valence-electron chi connectivity index (χ4n) is 2.14. The lowest BCUT2D eigenvalue weighted by Crippen LogP contribution is -2.49. The van der Waals surface area contributed by atoms with Gasteiger partial charge in [0.1, 0.15) is 0 Å². The molecule has 2 fully saturated rings. The number of nitrogens with one attached hydrogen (secondary N) is 2. The third-order valence-corrected chi connectivity index (χ3v) is 2.83. The second kappa shape index (κ2) is 2.51. The van der Waals surface area contributed by atoms with Crippen LogP contribution in [0.2, 0.25) is 0 Å². The van der Waals surface area contributed by atoms with Crippen LogP contribution >= 0.6 is 0 Å². The molecule has 0 amide bonds. The second-order valence-electron chi connectivity index (χ2n) is 3.59. The monoisotopic (exact) mass is 140 g/mol. The molecule has 1 atom stereocenters. The molecule has 0 aromatic carbocycles. The summed E-state index contributed by atoms with van der Waals surface area (Å²) in [5, 5.41) is 7.05. The van der Waals surface area contributed by atoms with E-state index in [1.165, 1.54) is 45.3 Å². The van der Waals surface area contributed by atoms with Crippen molar-refractivity contribution < 1.29 is 0 Å². The van der Waals surface area contributed by atoms with Gasteiger partial charge in [0.25, 0.3) is 0 Å². The third-order valence-electron chi connectivity index (χ3n) is 2.83. The normalized spacial score (nSPS) is 40.8. The van der Waals surface area contributed by atoms with Crippen LogP contribution in [0.5, 0.6) is 0 Å². The molecular weight excluding hydrogens is 124 g/mol. The maximum absolute atomic E-state index is 3.63. The molecular formula is C8H16N2. The second-order valence-corrected chi connectivity index (χ2v) is 3.59. The van der Waals surface area contributed by atoms with E-state index in [2.05, 4.69) is 10.6 Å². The molecule has 0 unspecified atom stereocenters. The molecule has 0 radical (unpaired) electrons. The summed E-state index contributed by atoms with van der Waals surface area (Å²) < 4.78 is 0. The van der Waals surface area contributed by atoms with Gasteiger partial charge in [-0.15, -0.1) is 0 Å². The van der Waals surface area contributed by atoms with Crippen LogP contribution < -0.4 is 10.6 Å². The molecule has 0 aliphatic carbocycles. The zero-order valence-electron chi connectivity index (χ0n) is 6.45. The van der Waals surface area contributed by atoms with Gasteiger partial charge in [-0.05, 0) is 32.4 Å². The van der Waals surface area contributed by atoms with Gasteiger partial charge in [-0.2, -0.15) is 0 Å². The average molecular weight is 140 g/mol. The highest BCUT2D eigenvalue weighted by molar-refractivity contribution is 4.97. The number of hydrogen-bond acceptors (Lipinski definition) is 2. The number of rotatable bonds is 0. The van der Waals surface area contributed by atoms with Crippen LogP contribution in [-0.4, -0.2) is 25.2 Å². The Kier molecular flexibility index (Phi) is 1.66. The summed E-state index contributed by atoms with van der Waals surface area (Å²) in [7, 11) is 0. The van der Waals surface area contributed by atoms with Gasteiger partial charge in [0.05, 0.1) is 0 Å². The van der Waals surface area contributed by atoms with Gasteiger partial charge in [0.15, 0.2) is 0 Å². The Bertz CT molecular complexity index is 108. The summed E-state index contributed by atoms with van der Waals surface area (Å²) in [4.78, 5) is 0. The van der Waals surface area contributed by atoms with Crippen LogP contribution in [0.25, 0.3) is 0 Å². The third kappa shape index (κ3) is 1.06. The zero-order chi connectivity index (χ0) is 6.86. The van der Waals surface area contributed by atoms with Crippen LogP contribution in [0.15, 0.2) is 0 Å². The highest BCUT2D eigenvalue weighted by Crippen LogP contribution is 2.24. The first kappa shape index (κ1) is 6.62. The van der Waals surface area contributed by atoms with Crippen molar-refractivity contribution in [1.82, 2.24) is 10.6 Å². The fourth-order valence-corrected chi connectivity index (χ4v) is 2.14. The molecule has 2 heterocycles. The molecule has 0 aromatic rings. The molecule has 2 heteroatoms. The first-order valence-electron chi connectivity index (χ1n) is 4.37. The SMILES string of the molecule is C1CC[C@@]2(CCNC2)NC1. The van der Waals surface area contributed by atoms with Gasteiger partial charge >= 0.3 is 0 Å². The molecule has 2 N–H and O–H groups in total. The van der Waals surface area contributed by atoms with Crippen LogP contribution in [0.1, 0.15) is 25.7 Å². The van der Waals surface area contributed by atoms with Crippen LogP contribution in [0.4, 0.5) is 0 Å². The highest BCUT2D eigenvalue weighted by Gasteiger charge is 2.33. The minimum Gasteiger partial charge on any atom is -0.315 e. The van der Waals surface area contributed by atoms with E-state index < -0.39 is 0 Å². The van der Waals surface area contributed by atoms with E-state index in [1.807, 2.05) is 0 Å². The summed E-state index contributed by atoms with van der Waals surface area (Å²) in [6, 6.07) is 0. The van der Waals surface area contributed by atoms with Crippen molar-refractivity contribution in [3.05, 3.63) is 0 Å². The Balaban J connectivity index is 1.98. The predicted molar refractivity (Wildman–Crippen MR) is 42.1 cm³/mol. The molecule has 2 nitrogen and oxygen atoms in total. The first-order chi connectivity index (χ1) is 4.91. The van der Waals surface area contributed by atoms with Gasteiger partial charge in [0.2, 0.25) is 0 Å². The summed E-state index contributed by atoms with van der Waals surface area (Å²) >= 11 is 0. The van der Waals surface area contributed by atoms with E-state index in [0.29, 0.717) is 5.54 Å². The van der Waals surface area contributed by atoms with Gasteiger partial charge in [0, 0.05) is 12.1 Å². The van der Waals surface area contributed by atoms with E-state index in [-0.39, 0.29) is 0 Å². The van der Waals surface area contributed by atoms with E-state index in [4.69, 9.17) is 0 Å². The van der Waals surface area contributed by atoms with Crippen molar-refractivity contribution in [2.75, 3.05) is 19.6 Å². The maximum atomic E-state index is 3.63. The maximum Gasteiger partial charge on any atom is 0.0318 e. The Morgan fingerprint density at radius 2 is 2.00 bits per heavy atom.